The van der Waals surface area contributed by atoms with Gasteiger partial charge in [-0.3, -0.25) is 25.0 Å². The normalized spacial score (nSPS) is 15.3. The van der Waals surface area contributed by atoms with Crippen LogP contribution in [-0.4, -0.2) is 33.7 Å². The maximum Gasteiger partial charge on any atom is 0.277 e. The number of benzene rings is 1. The molecule has 0 radical (unpaired) electrons. The molecule has 112 valence electrons. The number of hydrogen-bond donors (Lipinski definition) is 0. The molecule has 0 heterocycles. The molecule has 1 aromatic carbocycles. The van der Waals surface area contributed by atoms with E-state index in [-0.39, 0.29) is 11.6 Å². The molecule has 1 fully saturated rings. The maximum absolute atomic E-state index is 12.3. The number of amides is 1. The number of hydrogen-bond acceptors (Lipinski definition) is 5. The summed E-state index contributed by atoms with van der Waals surface area (Å²) in [7, 11) is 1.61. The van der Waals surface area contributed by atoms with Crippen molar-refractivity contribution >= 4 is 17.3 Å². The Morgan fingerprint density at radius 2 is 1.67 bits per heavy atom. The lowest BCUT2D eigenvalue weighted by molar-refractivity contribution is -0.394. The molecule has 1 saturated carbocycles. The van der Waals surface area contributed by atoms with Gasteiger partial charge in [-0.2, -0.15) is 0 Å². The monoisotopic (exact) mass is 293 g/mol. The standard InChI is InChI=1S/C13H15N3O5/c1-8(9-3-4-9)14(2)13(17)10-5-11(15(18)19)7-12(6-10)16(20)21/h5-9H,3-4H2,1-2H3. The van der Waals surface area contributed by atoms with Crippen molar-refractivity contribution in [1.82, 2.24) is 4.90 Å². The van der Waals surface area contributed by atoms with Crippen molar-refractivity contribution in [3.8, 4) is 0 Å². The summed E-state index contributed by atoms with van der Waals surface area (Å²) in [5.41, 5.74) is -0.953. The predicted octanol–water partition coefficient (Wildman–Crippen LogP) is 2.37. The molecule has 0 N–H and O–H groups in total. The first kappa shape index (κ1) is 14.9. The summed E-state index contributed by atoms with van der Waals surface area (Å²) in [5, 5.41) is 21.7. The molecular formula is C13H15N3O5. The molecule has 1 aliphatic carbocycles. The Morgan fingerprint density at radius 1 is 1.19 bits per heavy atom. The van der Waals surface area contributed by atoms with Gasteiger partial charge < -0.3 is 4.90 Å². The number of non-ortho nitro benzene ring substituents is 2. The highest BCUT2D eigenvalue weighted by molar-refractivity contribution is 5.95. The van der Waals surface area contributed by atoms with Gasteiger partial charge in [0.05, 0.1) is 21.5 Å². The van der Waals surface area contributed by atoms with Gasteiger partial charge in [-0.05, 0) is 25.7 Å². The highest BCUT2D eigenvalue weighted by Crippen LogP contribution is 2.35. The molecule has 0 saturated heterocycles. The second-order valence-corrected chi connectivity index (χ2v) is 5.25. The zero-order valence-electron chi connectivity index (χ0n) is 11.7. The fraction of sp³-hybridized carbons (Fsp3) is 0.462. The van der Waals surface area contributed by atoms with Gasteiger partial charge in [0.15, 0.2) is 0 Å². The zero-order chi connectivity index (χ0) is 15.7. The smallest absolute Gasteiger partial charge is 0.277 e. The van der Waals surface area contributed by atoms with Gasteiger partial charge in [-0.15, -0.1) is 0 Å². The largest absolute Gasteiger partial charge is 0.339 e. The lowest BCUT2D eigenvalue weighted by Gasteiger charge is -2.24. The summed E-state index contributed by atoms with van der Waals surface area (Å²) in [4.78, 5) is 34.0. The second-order valence-electron chi connectivity index (χ2n) is 5.25. The number of carbonyl (C=O) groups excluding carboxylic acids is 1. The third-order valence-corrected chi connectivity index (χ3v) is 3.81. The molecule has 21 heavy (non-hydrogen) atoms. The first-order valence-corrected chi connectivity index (χ1v) is 6.52. The fourth-order valence-electron chi connectivity index (χ4n) is 2.21. The van der Waals surface area contributed by atoms with Gasteiger partial charge in [0.2, 0.25) is 0 Å². The number of rotatable bonds is 5. The van der Waals surface area contributed by atoms with Crippen LogP contribution in [0.5, 0.6) is 0 Å². The maximum atomic E-state index is 12.3. The van der Waals surface area contributed by atoms with E-state index in [4.69, 9.17) is 0 Å². The van der Waals surface area contributed by atoms with Gasteiger partial charge in [0.25, 0.3) is 17.3 Å². The van der Waals surface area contributed by atoms with Crippen LogP contribution in [0.25, 0.3) is 0 Å². The molecule has 1 aromatic rings. The number of nitrogens with zero attached hydrogens (tertiary/aromatic N) is 3. The minimum absolute atomic E-state index is 0.0100. The van der Waals surface area contributed by atoms with E-state index in [1.54, 1.807) is 7.05 Å². The highest BCUT2D eigenvalue weighted by Gasteiger charge is 2.33. The van der Waals surface area contributed by atoms with Gasteiger partial charge >= 0.3 is 0 Å². The van der Waals surface area contributed by atoms with Crippen LogP contribution in [0.4, 0.5) is 11.4 Å². The SMILES string of the molecule is CC(C1CC1)N(C)C(=O)c1cc([N+](=O)[O-])cc([N+](=O)[O-])c1. The molecule has 0 bridgehead atoms. The van der Waals surface area contributed by atoms with E-state index in [0.29, 0.717) is 5.92 Å². The van der Waals surface area contributed by atoms with E-state index in [2.05, 4.69) is 0 Å². The zero-order valence-corrected chi connectivity index (χ0v) is 11.7. The Labute approximate surface area is 120 Å². The molecule has 0 aliphatic heterocycles. The van der Waals surface area contributed by atoms with Crippen molar-refractivity contribution in [3.63, 3.8) is 0 Å². The highest BCUT2D eigenvalue weighted by atomic mass is 16.6. The van der Waals surface area contributed by atoms with Gasteiger partial charge in [0.1, 0.15) is 0 Å². The molecule has 2 rings (SSSR count). The van der Waals surface area contributed by atoms with Crippen LogP contribution >= 0.6 is 0 Å². The lowest BCUT2D eigenvalue weighted by atomic mass is 10.1. The predicted molar refractivity (Wildman–Crippen MR) is 74.0 cm³/mol. The topological polar surface area (TPSA) is 107 Å². The summed E-state index contributed by atoms with van der Waals surface area (Å²) in [6, 6.07) is 3.01. The van der Waals surface area contributed by atoms with E-state index < -0.39 is 27.1 Å². The Balaban J connectivity index is 2.34. The Hall–Kier alpha value is -2.51. The Morgan fingerprint density at radius 3 is 2.05 bits per heavy atom. The minimum Gasteiger partial charge on any atom is -0.339 e. The van der Waals surface area contributed by atoms with Crippen LogP contribution in [-0.2, 0) is 0 Å². The summed E-state index contributed by atoms with van der Waals surface area (Å²) >= 11 is 0. The molecule has 8 nitrogen and oxygen atoms in total. The number of nitro groups is 2. The molecular weight excluding hydrogens is 278 g/mol. The van der Waals surface area contributed by atoms with E-state index in [1.807, 2.05) is 6.92 Å². The summed E-state index contributed by atoms with van der Waals surface area (Å²) in [5.74, 6) is -0.00571. The van der Waals surface area contributed by atoms with Crippen LogP contribution < -0.4 is 0 Å². The average Bonchev–Trinajstić information content (AvgIpc) is 3.28. The molecule has 1 aliphatic rings. The van der Waals surface area contributed by atoms with Crippen molar-refractivity contribution in [3.05, 3.63) is 44.0 Å². The van der Waals surface area contributed by atoms with Crippen LogP contribution in [0.3, 0.4) is 0 Å². The Kier molecular flexibility index (Phi) is 3.88. The van der Waals surface area contributed by atoms with Gasteiger partial charge in [0, 0.05) is 25.2 Å². The van der Waals surface area contributed by atoms with E-state index in [9.17, 15) is 25.0 Å². The van der Waals surface area contributed by atoms with Crippen molar-refractivity contribution in [1.29, 1.82) is 0 Å². The van der Waals surface area contributed by atoms with E-state index in [0.717, 1.165) is 31.0 Å². The van der Waals surface area contributed by atoms with Crippen molar-refractivity contribution in [2.45, 2.75) is 25.8 Å². The fourth-order valence-corrected chi connectivity index (χ4v) is 2.21. The molecule has 8 heteroatoms. The number of carbonyl (C=O) groups is 1. The summed E-state index contributed by atoms with van der Waals surface area (Å²) < 4.78 is 0. The van der Waals surface area contributed by atoms with Crippen molar-refractivity contribution in [2.75, 3.05) is 7.05 Å². The van der Waals surface area contributed by atoms with Crippen LogP contribution in [0.15, 0.2) is 18.2 Å². The molecule has 1 atom stereocenters. The molecule has 0 spiro atoms. The number of nitro benzene ring substituents is 2. The van der Waals surface area contributed by atoms with Crippen LogP contribution in [0, 0.1) is 26.1 Å². The lowest BCUT2D eigenvalue weighted by Crippen LogP contribution is -2.36. The Bertz CT molecular complexity index is 580. The summed E-state index contributed by atoms with van der Waals surface area (Å²) in [6.07, 6.45) is 2.10. The van der Waals surface area contributed by atoms with Gasteiger partial charge in [-0.1, -0.05) is 0 Å². The third kappa shape index (κ3) is 3.15. The quantitative estimate of drug-likeness (QED) is 0.612. The molecule has 1 amide bonds. The average molecular weight is 293 g/mol. The van der Waals surface area contributed by atoms with Crippen molar-refractivity contribution in [2.24, 2.45) is 5.92 Å². The molecule has 0 aromatic heterocycles. The molecule has 1 unspecified atom stereocenters. The second kappa shape index (κ2) is 5.47. The third-order valence-electron chi connectivity index (χ3n) is 3.81. The van der Waals surface area contributed by atoms with E-state index >= 15 is 0 Å². The first-order valence-electron chi connectivity index (χ1n) is 6.52. The summed E-state index contributed by atoms with van der Waals surface area (Å²) in [6.45, 7) is 1.90. The minimum atomic E-state index is -0.742. The van der Waals surface area contributed by atoms with Crippen molar-refractivity contribution < 1.29 is 14.6 Å². The van der Waals surface area contributed by atoms with Crippen LogP contribution in [0.1, 0.15) is 30.1 Å². The van der Waals surface area contributed by atoms with E-state index in [1.165, 1.54) is 4.90 Å². The van der Waals surface area contributed by atoms with Gasteiger partial charge in [-0.25, -0.2) is 0 Å². The first-order chi connectivity index (χ1) is 9.81. The van der Waals surface area contributed by atoms with Crippen LogP contribution in [0.2, 0.25) is 0 Å².